The van der Waals surface area contributed by atoms with Gasteiger partial charge in [0.15, 0.2) is 0 Å². The zero-order chi connectivity index (χ0) is 14.8. The van der Waals surface area contributed by atoms with E-state index in [0.29, 0.717) is 24.6 Å². The highest BCUT2D eigenvalue weighted by Gasteiger charge is 2.24. The maximum Gasteiger partial charge on any atom is 0.147 e. The molecule has 1 atom stereocenters. The lowest BCUT2D eigenvalue weighted by molar-refractivity contribution is 0.551. The molecule has 0 aromatic heterocycles. The first-order valence-electron chi connectivity index (χ1n) is 7.53. The maximum absolute atomic E-state index is 14.5. The quantitative estimate of drug-likeness (QED) is 0.932. The second-order valence-corrected chi connectivity index (χ2v) is 5.87. The van der Waals surface area contributed by atoms with Crippen molar-refractivity contribution in [2.24, 2.45) is 11.7 Å². The Kier molecular flexibility index (Phi) is 3.93. The van der Waals surface area contributed by atoms with E-state index >= 15 is 0 Å². The van der Waals surface area contributed by atoms with Gasteiger partial charge in [0.05, 0.1) is 5.69 Å². The fraction of sp³-hybridized carbons (Fsp3) is 0.333. The second-order valence-electron chi connectivity index (χ2n) is 5.87. The van der Waals surface area contributed by atoms with E-state index in [1.54, 1.807) is 6.07 Å². The van der Waals surface area contributed by atoms with Crippen molar-refractivity contribution in [1.82, 2.24) is 0 Å². The molecular weight excluding hydrogens is 263 g/mol. The van der Waals surface area contributed by atoms with Crippen molar-refractivity contribution < 1.29 is 4.39 Å². The van der Waals surface area contributed by atoms with E-state index in [0.717, 1.165) is 24.2 Å². The highest BCUT2D eigenvalue weighted by molar-refractivity contribution is 5.68. The van der Waals surface area contributed by atoms with Gasteiger partial charge in [-0.25, -0.2) is 4.39 Å². The lowest BCUT2D eigenvalue weighted by Crippen LogP contribution is -2.31. The van der Waals surface area contributed by atoms with Gasteiger partial charge in [-0.05, 0) is 54.6 Å². The van der Waals surface area contributed by atoms with E-state index in [4.69, 9.17) is 5.73 Å². The molecule has 110 valence electrons. The zero-order valence-corrected chi connectivity index (χ0v) is 12.3. The van der Waals surface area contributed by atoms with E-state index in [1.807, 2.05) is 18.2 Å². The third-order valence-electron chi connectivity index (χ3n) is 4.08. The average Bonchev–Trinajstić information content (AvgIpc) is 2.47. The summed E-state index contributed by atoms with van der Waals surface area (Å²) in [6.07, 6.45) is 1.77. The van der Waals surface area contributed by atoms with E-state index in [1.165, 1.54) is 5.56 Å². The number of para-hydroxylation sites is 1. The smallest absolute Gasteiger partial charge is 0.147 e. The maximum atomic E-state index is 14.5. The van der Waals surface area contributed by atoms with E-state index in [2.05, 4.69) is 30.0 Å². The molecule has 2 aromatic rings. The molecule has 3 rings (SSSR count). The van der Waals surface area contributed by atoms with E-state index in [-0.39, 0.29) is 5.82 Å². The van der Waals surface area contributed by atoms with Gasteiger partial charge in [0.2, 0.25) is 0 Å². The molecule has 0 saturated carbocycles. The third kappa shape index (κ3) is 2.79. The van der Waals surface area contributed by atoms with Crippen molar-refractivity contribution in [2.45, 2.75) is 19.8 Å². The molecule has 3 heteroatoms. The number of anilines is 2. The Morgan fingerprint density at radius 2 is 2.00 bits per heavy atom. The van der Waals surface area contributed by atoms with Gasteiger partial charge in [-0.15, -0.1) is 0 Å². The summed E-state index contributed by atoms with van der Waals surface area (Å²) in [5.41, 5.74) is 9.58. The summed E-state index contributed by atoms with van der Waals surface area (Å²) in [5, 5.41) is 0. The van der Waals surface area contributed by atoms with Crippen LogP contribution in [0.15, 0.2) is 42.5 Å². The predicted molar refractivity (Wildman–Crippen MR) is 85.5 cm³/mol. The second kappa shape index (κ2) is 5.86. The van der Waals surface area contributed by atoms with Crippen LogP contribution in [0.2, 0.25) is 0 Å². The molecule has 1 aliphatic heterocycles. The van der Waals surface area contributed by atoms with Crippen molar-refractivity contribution in [3.63, 3.8) is 0 Å². The summed E-state index contributed by atoms with van der Waals surface area (Å²) >= 11 is 0. The van der Waals surface area contributed by atoms with E-state index in [9.17, 15) is 4.39 Å². The number of rotatable bonds is 3. The van der Waals surface area contributed by atoms with Gasteiger partial charge in [0.25, 0.3) is 0 Å². The van der Waals surface area contributed by atoms with Crippen LogP contribution in [0.25, 0.3) is 0 Å². The number of benzene rings is 2. The first kappa shape index (κ1) is 14.1. The number of fused-ring (bicyclic) bond motifs is 1. The molecule has 2 N–H and O–H groups in total. The van der Waals surface area contributed by atoms with Crippen LogP contribution in [0.5, 0.6) is 0 Å². The van der Waals surface area contributed by atoms with Crippen LogP contribution in [0.4, 0.5) is 15.8 Å². The molecule has 0 fully saturated rings. The van der Waals surface area contributed by atoms with Gasteiger partial charge in [0, 0.05) is 12.2 Å². The highest BCUT2D eigenvalue weighted by Crippen LogP contribution is 2.36. The molecule has 2 aromatic carbocycles. The molecule has 0 bridgehead atoms. The monoisotopic (exact) mass is 284 g/mol. The number of nitrogens with zero attached hydrogens (tertiary/aromatic N) is 1. The summed E-state index contributed by atoms with van der Waals surface area (Å²) in [4.78, 5) is 2.10. The minimum Gasteiger partial charge on any atom is -0.339 e. The fourth-order valence-electron chi connectivity index (χ4n) is 3.12. The van der Waals surface area contributed by atoms with Crippen molar-refractivity contribution >= 4 is 11.4 Å². The molecule has 1 aliphatic rings. The summed E-state index contributed by atoms with van der Waals surface area (Å²) in [6, 6.07) is 13.8. The van der Waals surface area contributed by atoms with Crippen LogP contribution in [0.3, 0.4) is 0 Å². The lowest BCUT2D eigenvalue weighted by Gasteiger charge is -2.35. The minimum atomic E-state index is -0.162. The number of halogens is 1. The first-order chi connectivity index (χ1) is 10.2. The van der Waals surface area contributed by atoms with Crippen LogP contribution >= 0.6 is 0 Å². The number of hydrogen-bond donors (Lipinski definition) is 1. The predicted octanol–water partition coefficient (Wildman–Crippen LogP) is 3.66. The van der Waals surface area contributed by atoms with Crippen molar-refractivity contribution in [1.29, 1.82) is 0 Å². The Hall–Kier alpha value is -1.87. The van der Waals surface area contributed by atoms with Gasteiger partial charge >= 0.3 is 0 Å². The molecular formula is C18H21FN2. The SMILES string of the molecule is CC1Cc2ccccc2N(c2ccc(CCN)cc2F)C1. The van der Waals surface area contributed by atoms with Crippen molar-refractivity contribution in [2.75, 3.05) is 18.0 Å². The topological polar surface area (TPSA) is 29.3 Å². The molecule has 0 radical (unpaired) electrons. The summed E-state index contributed by atoms with van der Waals surface area (Å²) in [7, 11) is 0. The molecule has 0 aliphatic carbocycles. The normalized spacial score (nSPS) is 17.7. The Labute approximate surface area is 125 Å². The van der Waals surface area contributed by atoms with Crippen LogP contribution in [-0.4, -0.2) is 13.1 Å². The molecule has 0 saturated heterocycles. The van der Waals surface area contributed by atoms with Crippen molar-refractivity contribution in [3.8, 4) is 0 Å². The first-order valence-corrected chi connectivity index (χ1v) is 7.53. The Morgan fingerprint density at radius 1 is 1.19 bits per heavy atom. The van der Waals surface area contributed by atoms with Crippen molar-refractivity contribution in [3.05, 3.63) is 59.4 Å². The average molecular weight is 284 g/mol. The molecule has 0 amide bonds. The van der Waals surface area contributed by atoms with Gasteiger partial charge in [-0.1, -0.05) is 31.2 Å². The van der Waals surface area contributed by atoms with E-state index < -0.39 is 0 Å². The highest BCUT2D eigenvalue weighted by atomic mass is 19.1. The van der Waals surface area contributed by atoms with Crippen LogP contribution in [0, 0.1) is 11.7 Å². The van der Waals surface area contributed by atoms with Gasteiger partial charge in [0.1, 0.15) is 5.82 Å². The summed E-state index contributed by atoms with van der Waals surface area (Å²) < 4.78 is 14.5. The third-order valence-corrected chi connectivity index (χ3v) is 4.08. The molecule has 1 unspecified atom stereocenters. The minimum absolute atomic E-state index is 0.162. The Morgan fingerprint density at radius 3 is 2.76 bits per heavy atom. The summed E-state index contributed by atoms with van der Waals surface area (Å²) in [6.45, 7) is 3.61. The molecule has 0 spiro atoms. The van der Waals surface area contributed by atoms with Crippen LogP contribution in [-0.2, 0) is 12.8 Å². The zero-order valence-electron chi connectivity index (χ0n) is 12.3. The standard InChI is InChI=1S/C18H21FN2/c1-13-10-15-4-2-3-5-17(15)21(12-13)18-7-6-14(8-9-20)11-16(18)19/h2-7,11,13H,8-10,12,20H2,1H3. The molecule has 21 heavy (non-hydrogen) atoms. The molecule has 2 nitrogen and oxygen atoms in total. The number of hydrogen-bond acceptors (Lipinski definition) is 2. The Balaban J connectivity index is 2.00. The summed E-state index contributed by atoms with van der Waals surface area (Å²) in [5.74, 6) is 0.355. The number of nitrogens with two attached hydrogens (primary N) is 1. The van der Waals surface area contributed by atoms with Crippen LogP contribution in [0.1, 0.15) is 18.1 Å². The van der Waals surface area contributed by atoms with Gasteiger partial charge < -0.3 is 10.6 Å². The van der Waals surface area contributed by atoms with Gasteiger partial charge in [-0.2, -0.15) is 0 Å². The van der Waals surface area contributed by atoms with Crippen LogP contribution < -0.4 is 10.6 Å². The van der Waals surface area contributed by atoms with Gasteiger partial charge in [-0.3, -0.25) is 0 Å². The Bertz CT molecular complexity index is 639. The largest absolute Gasteiger partial charge is 0.339 e. The lowest BCUT2D eigenvalue weighted by atomic mass is 9.93. The fourth-order valence-corrected chi connectivity index (χ4v) is 3.12. The molecule has 1 heterocycles.